The maximum absolute atomic E-state index is 4.23. The summed E-state index contributed by atoms with van der Waals surface area (Å²) >= 11 is 4.23. The molecule has 0 heterocycles. The third kappa shape index (κ3) is 4.95. The molecule has 0 nitrogen and oxygen atoms in total. The summed E-state index contributed by atoms with van der Waals surface area (Å²) in [7, 11) is 0. The Morgan fingerprint density at radius 1 is 0.846 bits per heavy atom. The molecule has 0 unspecified atom stereocenters. The standard InChI is InChI=1S/C12H26S/c1-4-12(5-2,6-3)10-8-7-9-11-13/h13H,4-11H2,1-3H3. The molecule has 0 bridgehead atoms. The molecule has 13 heavy (non-hydrogen) atoms. The fourth-order valence-corrected chi connectivity index (χ4v) is 2.29. The van der Waals surface area contributed by atoms with Gasteiger partial charge in [0.2, 0.25) is 0 Å². The summed E-state index contributed by atoms with van der Waals surface area (Å²) < 4.78 is 0. The molecule has 0 aliphatic heterocycles. The summed E-state index contributed by atoms with van der Waals surface area (Å²) in [4.78, 5) is 0. The number of hydrogen-bond acceptors (Lipinski definition) is 1. The largest absolute Gasteiger partial charge is 0.179 e. The van der Waals surface area contributed by atoms with E-state index in [0.29, 0.717) is 5.41 Å². The molecule has 0 saturated heterocycles. The lowest BCUT2D eigenvalue weighted by molar-refractivity contribution is 0.221. The molecule has 1 heteroatoms. The van der Waals surface area contributed by atoms with Crippen molar-refractivity contribution in [3.63, 3.8) is 0 Å². The highest BCUT2D eigenvalue weighted by Crippen LogP contribution is 2.35. The fraction of sp³-hybridized carbons (Fsp3) is 1.00. The third-order valence-electron chi connectivity index (χ3n) is 3.62. The van der Waals surface area contributed by atoms with Crippen LogP contribution in [0.15, 0.2) is 0 Å². The zero-order valence-corrected chi connectivity index (χ0v) is 10.5. The number of unbranched alkanes of at least 4 members (excludes halogenated alkanes) is 2. The van der Waals surface area contributed by atoms with Crippen molar-refractivity contribution >= 4 is 12.6 Å². The van der Waals surface area contributed by atoms with Gasteiger partial charge in [0.1, 0.15) is 0 Å². The van der Waals surface area contributed by atoms with E-state index < -0.39 is 0 Å². The second-order valence-electron chi connectivity index (χ2n) is 4.09. The molecule has 80 valence electrons. The quantitative estimate of drug-likeness (QED) is 0.428. The van der Waals surface area contributed by atoms with E-state index in [1.165, 1.54) is 44.9 Å². The average Bonchev–Trinajstić information content (AvgIpc) is 2.20. The molecule has 0 N–H and O–H groups in total. The Labute approximate surface area is 89.9 Å². The van der Waals surface area contributed by atoms with Gasteiger partial charge >= 0.3 is 0 Å². The van der Waals surface area contributed by atoms with E-state index in [2.05, 4.69) is 33.4 Å². The van der Waals surface area contributed by atoms with Gasteiger partial charge in [-0.15, -0.1) is 0 Å². The monoisotopic (exact) mass is 202 g/mol. The van der Waals surface area contributed by atoms with Crippen molar-refractivity contribution < 1.29 is 0 Å². The minimum absolute atomic E-state index is 0.649. The van der Waals surface area contributed by atoms with E-state index >= 15 is 0 Å². The first kappa shape index (κ1) is 13.4. The molecule has 0 radical (unpaired) electrons. The molecule has 0 aromatic rings. The molecule has 0 amide bonds. The van der Waals surface area contributed by atoms with Crippen LogP contribution in [0.3, 0.4) is 0 Å². The topological polar surface area (TPSA) is 0 Å². The first-order valence-electron chi connectivity index (χ1n) is 5.85. The van der Waals surface area contributed by atoms with Gasteiger partial charge in [0, 0.05) is 0 Å². The predicted molar refractivity (Wildman–Crippen MR) is 65.6 cm³/mol. The smallest absolute Gasteiger partial charge is 0.00979 e. The zero-order chi connectivity index (χ0) is 10.2. The average molecular weight is 202 g/mol. The molecular weight excluding hydrogens is 176 g/mol. The molecule has 0 saturated carbocycles. The van der Waals surface area contributed by atoms with E-state index in [4.69, 9.17) is 0 Å². The van der Waals surface area contributed by atoms with Crippen molar-refractivity contribution in [2.75, 3.05) is 5.75 Å². The van der Waals surface area contributed by atoms with Crippen molar-refractivity contribution in [1.29, 1.82) is 0 Å². The summed E-state index contributed by atoms with van der Waals surface area (Å²) in [6.45, 7) is 7.02. The van der Waals surface area contributed by atoms with E-state index in [1.54, 1.807) is 0 Å². The highest BCUT2D eigenvalue weighted by atomic mass is 32.1. The van der Waals surface area contributed by atoms with E-state index in [0.717, 1.165) is 5.75 Å². The van der Waals surface area contributed by atoms with Gasteiger partial charge in [0.25, 0.3) is 0 Å². The Morgan fingerprint density at radius 3 is 1.77 bits per heavy atom. The van der Waals surface area contributed by atoms with Crippen LogP contribution >= 0.6 is 12.6 Å². The van der Waals surface area contributed by atoms with Crippen LogP contribution in [-0.2, 0) is 0 Å². The minimum atomic E-state index is 0.649. The molecule has 0 aromatic heterocycles. The predicted octanol–water partition coefficient (Wildman–Crippen LogP) is 4.69. The highest BCUT2D eigenvalue weighted by molar-refractivity contribution is 7.80. The van der Waals surface area contributed by atoms with Gasteiger partial charge in [-0.1, -0.05) is 52.9 Å². The van der Waals surface area contributed by atoms with Crippen LogP contribution in [0.4, 0.5) is 0 Å². The highest BCUT2D eigenvalue weighted by Gasteiger charge is 2.22. The zero-order valence-electron chi connectivity index (χ0n) is 9.60. The summed E-state index contributed by atoms with van der Waals surface area (Å²) in [5, 5.41) is 0. The maximum atomic E-state index is 4.23. The van der Waals surface area contributed by atoms with Gasteiger partial charge in [0.05, 0.1) is 0 Å². The molecule has 0 aromatic carbocycles. The molecule has 0 fully saturated rings. The van der Waals surface area contributed by atoms with Crippen LogP contribution in [0.1, 0.15) is 65.7 Å². The second-order valence-corrected chi connectivity index (χ2v) is 4.54. The molecule has 0 atom stereocenters. The van der Waals surface area contributed by atoms with Crippen LogP contribution in [0.25, 0.3) is 0 Å². The summed E-state index contributed by atoms with van der Waals surface area (Å²) in [5.41, 5.74) is 0.649. The Balaban J connectivity index is 3.68. The van der Waals surface area contributed by atoms with Crippen LogP contribution in [0, 0.1) is 5.41 Å². The molecule has 0 aliphatic carbocycles. The molecule has 0 rings (SSSR count). The number of rotatable bonds is 8. The lowest BCUT2D eigenvalue weighted by atomic mass is 9.76. The first-order chi connectivity index (χ1) is 6.24. The van der Waals surface area contributed by atoms with Gasteiger partial charge < -0.3 is 0 Å². The van der Waals surface area contributed by atoms with Crippen molar-refractivity contribution in [2.45, 2.75) is 65.7 Å². The van der Waals surface area contributed by atoms with Crippen molar-refractivity contribution in [2.24, 2.45) is 5.41 Å². The van der Waals surface area contributed by atoms with E-state index in [1.807, 2.05) is 0 Å². The lowest BCUT2D eigenvalue weighted by Crippen LogP contribution is -2.17. The van der Waals surface area contributed by atoms with E-state index in [-0.39, 0.29) is 0 Å². The maximum Gasteiger partial charge on any atom is -0.00979 e. The second kappa shape index (κ2) is 7.73. The fourth-order valence-electron chi connectivity index (χ4n) is 2.07. The van der Waals surface area contributed by atoms with Crippen molar-refractivity contribution in [3.8, 4) is 0 Å². The van der Waals surface area contributed by atoms with Crippen molar-refractivity contribution in [3.05, 3.63) is 0 Å². The van der Waals surface area contributed by atoms with Crippen molar-refractivity contribution in [1.82, 2.24) is 0 Å². The normalized spacial score (nSPS) is 12.0. The Bertz CT molecular complexity index is 97.4. The number of thiol groups is 1. The van der Waals surface area contributed by atoms with Gasteiger partial charge in [-0.25, -0.2) is 0 Å². The van der Waals surface area contributed by atoms with Gasteiger partial charge in [-0.05, 0) is 24.0 Å². The number of hydrogen-bond donors (Lipinski definition) is 1. The van der Waals surface area contributed by atoms with Crippen LogP contribution in [0.2, 0.25) is 0 Å². The van der Waals surface area contributed by atoms with Crippen LogP contribution in [0.5, 0.6) is 0 Å². The minimum Gasteiger partial charge on any atom is -0.179 e. The Hall–Kier alpha value is 0.350. The SMILES string of the molecule is CCC(CC)(CC)CCCCCS. The third-order valence-corrected chi connectivity index (χ3v) is 3.93. The Morgan fingerprint density at radius 2 is 1.38 bits per heavy atom. The molecular formula is C12H26S. The van der Waals surface area contributed by atoms with Gasteiger partial charge in [0.15, 0.2) is 0 Å². The first-order valence-corrected chi connectivity index (χ1v) is 6.48. The molecule has 0 aliphatic rings. The summed E-state index contributed by atoms with van der Waals surface area (Å²) in [5.74, 6) is 1.05. The Kier molecular flexibility index (Phi) is 7.93. The lowest BCUT2D eigenvalue weighted by Gasteiger charge is -2.30. The van der Waals surface area contributed by atoms with Crippen LogP contribution < -0.4 is 0 Å². The van der Waals surface area contributed by atoms with Crippen LogP contribution in [-0.4, -0.2) is 5.75 Å². The van der Waals surface area contributed by atoms with Gasteiger partial charge in [-0.2, -0.15) is 12.6 Å². The van der Waals surface area contributed by atoms with E-state index in [9.17, 15) is 0 Å². The molecule has 0 spiro atoms. The summed E-state index contributed by atoms with van der Waals surface area (Å²) in [6, 6.07) is 0. The van der Waals surface area contributed by atoms with Gasteiger partial charge in [-0.3, -0.25) is 0 Å². The summed E-state index contributed by atoms with van der Waals surface area (Å²) in [6.07, 6.45) is 9.52.